The van der Waals surface area contributed by atoms with E-state index in [0.29, 0.717) is 0 Å². The molecule has 0 N–H and O–H groups in total. The molecule has 0 aliphatic carbocycles. The zero-order chi connectivity index (χ0) is 8.81. The fourth-order valence-corrected chi connectivity index (χ4v) is 1.61. The highest BCUT2D eigenvalue weighted by Gasteiger charge is 1.94. The van der Waals surface area contributed by atoms with E-state index in [0.717, 1.165) is 24.0 Å². The second-order valence-electron chi connectivity index (χ2n) is 2.59. The van der Waals surface area contributed by atoms with Crippen molar-refractivity contribution in [2.45, 2.75) is 19.8 Å². The first-order chi connectivity index (χ1) is 5.86. The zero-order valence-corrected chi connectivity index (χ0v) is 7.90. The molecule has 0 saturated carbocycles. The lowest BCUT2D eigenvalue weighted by molar-refractivity contribution is 0.934. The van der Waals surface area contributed by atoms with Crippen LogP contribution in [-0.2, 0) is 0 Å². The molecule has 0 bridgehead atoms. The van der Waals surface area contributed by atoms with E-state index >= 15 is 0 Å². The van der Waals surface area contributed by atoms with Crippen molar-refractivity contribution < 1.29 is 0 Å². The van der Waals surface area contributed by atoms with E-state index in [4.69, 9.17) is 5.26 Å². The van der Waals surface area contributed by atoms with Gasteiger partial charge in [-0.3, -0.25) is 0 Å². The van der Waals surface area contributed by atoms with Crippen molar-refractivity contribution in [3.8, 4) is 6.07 Å². The average molecular weight is 177 g/mol. The van der Waals surface area contributed by atoms with Crippen LogP contribution in [0.25, 0.3) is 6.08 Å². The van der Waals surface area contributed by atoms with E-state index in [1.54, 1.807) is 11.3 Å². The Kier molecular flexibility index (Phi) is 3.56. The third kappa shape index (κ3) is 2.52. The average Bonchev–Trinajstić information content (AvgIpc) is 2.56. The number of rotatable bonds is 3. The summed E-state index contributed by atoms with van der Waals surface area (Å²) in [4.78, 5) is 0. The Morgan fingerprint density at radius 3 is 3.08 bits per heavy atom. The van der Waals surface area contributed by atoms with Crippen LogP contribution >= 0.6 is 11.3 Å². The molecule has 0 aliphatic rings. The molecule has 0 aliphatic heterocycles. The smallest absolute Gasteiger partial charge is 0.0947 e. The van der Waals surface area contributed by atoms with E-state index in [-0.39, 0.29) is 0 Å². The largest absolute Gasteiger partial charge is 0.193 e. The van der Waals surface area contributed by atoms with Crippen molar-refractivity contribution in [1.29, 1.82) is 5.26 Å². The molecule has 0 amide bonds. The molecule has 0 fully saturated rings. The zero-order valence-electron chi connectivity index (χ0n) is 7.08. The number of thiophene rings is 1. The number of hydrogen-bond donors (Lipinski definition) is 0. The molecular weight excluding hydrogens is 166 g/mol. The lowest BCUT2D eigenvalue weighted by Crippen LogP contribution is -1.76. The first-order valence-electron chi connectivity index (χ1n) is 3.99. The van der Waals surface area contributed by atoms with Crippen molar-refractivity contribution >= 4 is 17.4 Å². The van der Waals surface area contributed by atoms with Crippen LogP contribution < -0.4 is 0 Å². The summed E-state index contributed by atoms with van der Waals surface area (Å²) in [5.41, 5.74) is 2.01. The predicted octanol–water partition coefficient (Wildman–Crippen LogP) is 3.46. The fraction of sp³-hybridized carbons (Fsp3) is 0.300. The summed E-state index contributed by atoms with van der Waals surface area (Å²) in [6.07, 6.45) is 3.87. The number of hydrogen-bond acceptors (Lipinski definition) is 2. The summed E-state index contributed by atoms with van der Waals surface area (Å²) < 4.78 is 0. The Morgan fingerprint density at radius 2 is 2.58 bits per heavy atom. The molecule has 0 unspecified atom stereocenters. The molecule has 1 aromatic rings. The van der Waals surface area contributed by atoms with Crippen molar-refractivity contribution in [3.63, 3.8) is 0 Å². The van der Waals surface area contributed by atoms with Crippen LogP contribution in [-0.4, -0.2) is 0 Å². The maximum absolute atomic E-state index is 8.74. The van der Waals surface area contributed by atoms with Crippen LogP contribution in [0.1, 0.15) is 25.3 Å². The summed E-state index contributed by atoms with van der Waals surface area (Å²) in [6.45, 7) is 2.08. The summed E-state index contributed by atoms with van der Waals surface area (Å²) in [5.74, 6) is 0. The van der Waals surface area contributed by atoms with E-state index in [1.165, 1.54) is 0 Å². The summed E-state index contributed by atoms with van der Waals surface area (Å²) in [7, 11) is 0. The van der Waals surface area contributed by atoms with E-state index < -0.39 is 0 Å². The Morgan fingerprint density at radius 1 is 1.75 bits per heavy atom. The Labute approximate surface area is 77.0 Å². The molecule has 1 heterocycles. The van der Waals surface area contributed by atoms with Crippen LogP contribution in [0.2, 0.25) is 0 Å². The van der Waals surface area contributed by atoms with Gasteiger partial charge in [-0.25, -0.2) is 0 Å². The van der Waals surface area contributed by atoms with Crippen molar-refractivity contribution in [3.05, 3.63) is 28.0 Å². The van der Waals surface area contributed by atoms with Gasteiger partial charge in [0.05, 0.1) is 6.07 Å². The highest BCUT2D eigenvalue weighted by atomic mass is 32.1. The summed E-state index contributed by atoms with van der Waals surface area (Å²) >= 11 is 1.66. The minimum Gasteiger partial charge on any atom is -0.193 e. The standard InChI is InChI=1S/C10H11NS/c1-2-3-9(7-11)6-10-4-5-12-8-10/h4-6,8H,2-3H2,1H3/b9-6+. The molecule has 1 nitrogen and oxygen atoms in total. The number of allylic oxidation sites excluding steroid dienone is 1. The highest BCUT2D eigenvalue weighted by Crippen LogP contribution is 2.13. The lowest BCUT2D eigenvalue weighted by Gasteiger charge is -1.92. The quantitative estimate of drug-likeness (QED) is 0.649. The minimum atomic E-state index is 0.871. The molecule has 0 spiro atoms. The monoisotopic (exact) mass is 177 g/mol. The van der Waals surface area contributed by atoms with Crippen LogP contribution in [0.15, 0.2) is 22.4 Å². The van der Waals surface area contributed by atoms with Crippen LogP contribution in [0, 0.1) is 11.3 Å². The Balaban J connectivity index is 2.73. The molecule has 0 atom stereocenters. The molecule has 0 radical (unpaired) electrons. The fourth-order valence-electron chi connectivity index (χ4n) is 0.988. The molecule has 0 saturated heterocycles. The molecule has 2 heteroatoms. The molecule has 1 aromatic heterocycles. The van der Waals surface area contributed by atoms with Crippen LogP contribution in [0.3, 0.4) is 0 Å². The topological polar surface area (TPSA) is 23.8 Å². The first kappa shape index (κ1) is 9.02. The van der Waals surface area contributed by atoms with Gasteiger partial charge in [-0.2, -0.15) is 16.6 Å². The SMILES string of the molecule is CCC/C(C#N)=C\c1ccsc1. The van der Waals surface area contributed by atoms with Gasteiger partial charge in [0.2, 0.25) is 0 Å². The molecular formula is C10H11NS. The van der Waals surface area contributed by atoms with Crippen LogP contribution in [0.4, 0.5) is 0 Å². The number of nitrogens with zero attached hydrogens (tertiary/aromatic N) is 1. The highest BCUT2D eigenvalue weighted by molar-refractivity contribution is 7.08. The summed E-state index contributed by atoms with van der Waals surface area (Å²) in [6, 6.07) is 4.23. The maximum atomic E-state index is 8.74. The second kappa shape index (κ2) is 4.74. The normalized spacial score (nSPS) is 11.2. The van der Waals surface area contributed by atoms with Gasteiger partial charge >= 0.3 is 0 Å². The van der Waals surface area contributed by atoms with E-state index in [2.05, 4.69) is 13.0 Å². The molecule has 1 rings (SSSR count). The van der Waals surface area contributed by atoms with Crippen molar-refractivity contribution in [2.75, 3.05) is 0 Å². The second-order valence-corrected chi connectivity index (χ2v) is 3.37. The van der Waals surface area contributed by atoms with Crippen molar-refractivity contribution in [2.24, 2.45) is 0 Å². The predicted molar refractivity (Wildman–Crippen MR) is 52.8 cm³/mol. The van der Waals surface area contributed by atoms with Crippen LogP contribution in [0.5, 0.6) is 0 Å². The van der Waals surface area contributed by atoms with Crippen molar-refractivity contribution in [1.82, 2.24) is 0 Å². The van der Waals surface area contributed by atoms with Gasteiger partial charge in [0, 0.05) is 5.57 Å². The Bertz CT molecular complexity index is 290. The molecule has 0 aromatic carbocycles. The third-order valence-corrected chi connectivity index (χ3v) is 2.25. The first-order valence-corrected chi connectivity index (χ1v) is 4.94. The van der Waals surface area contributed by atoms with E-state index in [1.807, 2.05) is 22.9 Å². The minimum absolute atomic E-state index is 0.871. The lowest BCUT2D eigenvalue weighted by atomic mass is 10.1. The molecule has 62 valence electrons. The maximum Gasteiger partial charge on any atom is 0.0947 e. The Hall–Kier alpha value is -1.07. The van der Waals surface area contributed by atoms with Gasteiger partial charge in [-0.05, 0) is 34.9 Å². The van der Waals surface area contributed by atoms with Gasteiger partial charge < -0.3 is 0 Å². The summed E-state index contributed by atoms with van der Waals surface area (Å²) in [5, 5.41) is 12.8. The van der Waals surface area contributed by atoms with Gasteiger partial charge in [0.25, 0.3) is 0 Å². The van der Waals surface area contributed by atoms with Gasteiger partial charge in [0.15, 0.2) is 0 Å². The van der Waals surface area contributed by atoms with Gasteiger partial charge in [-0.15, -0.1) is 0 Å². The number of nitriles is 1. The van der Waals surface area contributed by atoms with Gasteiger partial charge in [0.1, 0.15) is 0 Å². The third-order valence-electron chi connectivity index (χ3n) is 1.55. The van der Waals surface area contributed by atoms with Gasteiger partial charge in [-0.1, -0.05) is 13.3 Å². The molecule has 12 heavy (non-hydrogen) atoms. The van der Waals surface area contributed by atoms with E-state index in [9.17, 15) is 0 Å².